The molecule has 1 aromatic carbocycles. The van der Waals surface area contributed by atoms with E-state index in [9.17, 15) is 0 Å². The summed E-state index contributed by atoms with van der Waals surface area (Å²) < 4.78 is 0. The Labute approximate surface area is 119 Å². The van der Waals surface area contributed by atoms with Crippen LogP contribution in [0.1, 0.15) is 18.5 Å². The Bertz CT molecular complexity index is 562. The van der Waals surface area contributed by atoms with Crippen molar-refractivity contribution >= 4 is 40.8 Å². The van der Waals surface area contributed by atoms with Crippen LogP contribution in [0.25, 0.3) is 0 Å². The topological polar surface area (TPSA) is 50.7 Å². The molecule has 1 heterocycles. The molecule has 0 saturated heterocycles. The maximum absolute atomic E-state index is 5.96. The molecule has 0 fully saturated rings. The van der Waals surface area contributed by atoms with E-state index in [2.05, 4.69) is 20.3 Å². The molecule has 18 heavy (non-hydrogen) atoms. The van der Waals surface area contributed by atoms with Crippen LogP contribution < -0.4 is 5.32 Å². The summed E-state index contributed by atoms with van der Waals surface area (Å²) in [6.45, 7) is 1.96. The molecule has 0 aliphatic heterocycles. The standard InChI is InChI=1S/C11H9Cl3N4/c1-6(7-2-3-8(12)9(13)4-7)17-11-16-5-15-10(14)18-11/h2-6H,1H3,(H,15,16,17,18)/t6-/m0/s1. The van der Waals surface area contributed by atoms with Crippen molar-refractivity contribution < 1.29 is 0 Å². The molecule has 0 radical (unpaired) electrons. The number of anilines is 1. The maximum Gasteiger partial charge on any atom is 0.227 e. The summed E-state index contributed by atoms with van der Waals surface area (Å²) in [5.74, 6) is 0.411. The summed E-state index contributed by atoms with van der Waals surface area (Å²) in [6, 6.07) is 5.40. The summed E-state index contributed by atoms with van der Waals surface area (Å²) in [5.41, 5.74) is 0.973. The Kier molecular flexibility index (Phi) is 4.22. The van der Waals surface area contributed by atoms with Gasteiger partial charge in [-0.05, 0) is 36.2 Å². The quantitative estimate of drug-likeness (QED) is 0.931. The lowest BCUT2D eigenvalue weighted by Gasteiger charge is -2.14. The molecule has 7 heteroatoms. The zero-order chi connectivity index (χ0) is 13.1. The number of aromatic nitrogens is 3. The largest absolute Gasteiger partial charge is 0.348 e. The normalized spacial score (nSPS) is 12.2. The molecule has 0 spiro atoms. The smallest absolute Gasteiger partial charge is 0.227 e. The van der Waals surface area contributed by atoms with Gasteiger partial charge in [-0.15, -0.1) is 0 Å². The van der Waals surface area contributed by atoms with Crippen LogP contribution in [0.3, 0.4) is 0 Å². The fourth-order valence-corrected chi connectivity index (χ4v) is 1.83. The van der Waals surface area contributed by atoms with Gasteiger partial charge in [-0.2, -0.15) is 4.98 Å². The second-order valence-electron chi connectivity index (χ2n) is 3.62. The van der Waals surface area contributed by atoms with Gasteiger partial charge in [0.25, 0.3) is 0 Å². The molecule has 0 unspecified atom stereocenters. The van der Waals surface area contributed by atoms with Crippen molar-refractivity contribution in [1.29, 1.82) is 0 Å². The lowest BCUT2D eigenvalue weighted by molar-refractivity contribution is 0.853. The minimum atomic E-state index is -0.0294. The van der Waals surface area contributed by atoms with Crippen molar-refractivity contribution in [3.8, 4) is 0 Å². The summed E-state index contributed by atoms with van der Waals surface area (Å²) >= 11 is 17.5. The monoisotopic (exact) mass is 302 g/mol. The third kappa shape index (κ3) is 3.22. The highest BCUT2D eigenvalue weighted by Gasteiger charge is 2.09. The van der Waals surface area contributed by atoms with Crippen molar-refractivity contribution in [3.05, 3.63) is 45.4 Å². The van der Waals surface area contributed by atoms with E-state index in [4.69, 9.17) is 34.8 Å². The maximum atomic E-state index is 5.96. The number of hydrogen-bond acceptors (Lipinski definition) is 4. The van der Waals surface area contributed by atoms with E-state index in [1.807, 2.05) is 13.0 Å². The average molecular weight is 304 g/mol. The second-order valence-corrected chi connectivity index (χ2v) is 4.77. The number of benzene rings is 1. The van der Waals surface area contributed by atoms with Gasteiger partial charge < -0.3 is 5.32 Å². The van der Waals surface area contributed by atoms with Gasteiger partial charge in [0, 0.05) is 0 Å². The summed E-state index contributed by atoms with van der Waals surface area (Å²) in [7, 11) is 0. The van der Waals surface area contributed by atoms with Gasteiger partial charge in [0.1, 0.15) is 6.33 Å². The Hall–Kier alpha value is -1.10. The first-order valence-electron chi connectivity index (χ1n) is 5.12. The van der Waals surface area contributed by atoms with E-state index in [1.165, 1.54) is 6.33 Å². The molecule has 4 nitrogen and oxygen atoms in total. The third-order valence-electron chi connectivity index (χ3n) is 2.33. The van der Waals surface area contributed by atoms with Gasteiger partial charge >= 0.3 is 0 Å². The molecule has 0 saturated carbocycles. The zero-order valence-corrected chi connectivity index (χ0v) is 11.6. The molecule has 1 atom stereocenters. The van der Waals surface area contributed by atoms with Crippen LogP contribution in [0, 0.1) is 0 Å². The van der Waals surface area contributed by atoms with Crippen LogP contribution in [-0.4, -0.2) is 15.0 Å². The fourth-order valence-electron chi connectivity index (χ4n) is 1.40. The van der Waals surface area contributed by atoms with Crippen LogP contribution in [0.5, 0.6) is 0 Å². The van der Waals surface area contributed by atoms with Crippen molar-refractivity contribution in [2.24, 2.45) is 0 Å². The highest BCUT2D eigenvalue weighted by molar-refractivity contribution is 6.42. The van der Waals surface area contributed by atoms with Crippen LogP contribution >= 0.6 is 34.8 Å². The van der Waals surface area contributed by atoms with Crippen LogP contribution in [0.2, 0.25) is 15.3 Å². The van der Waals surface area contributed by atoms with Crippen molar-refractivity contribution in [1.82, 2.24) is 15.0 Å². The third-order valence-corrected chi connectivity index (χ3v) is 3.25. The van der Waals surface area contributed by atoms with Gasteiger partial charge in [0.15, 0.2) is 0 Å². The predicted molar refractivity (Wildman–Crippen MR) is 73.3 cm³/mol. The number of halogens is 3. The van der Waals surface area contributed by atoms with E-state index in [0.29, 0.717) is 16.0 Å². The lowest BCUT2D eigenvalue weighted by Crippen LogP contribution is -2.09. The lowest BCUT2D eigenvalue weighted by atomic mass is 10.1. The predicted octanol–water partition coefficient (Wildman–Crippen LogP) is 4.00. The minimum Gasteiger partial charge on any atom is -0.348 e. The molecule has 0 aliphatic rings. The molecule has 1 aromatic heterocycles. The molecule has 2 rings (SSSR count). The molecule has 94 valence electrons. The molecule has 2 aromatic rings. The zero-order valence-electron chi connectivity index (χ0n) is 9.36. The second kappa shape index (κ2) is 5.69. The van der Waals surface area contributed by atoms with Gasteiger partial charge in [0.05, 0.1) is 16.1 Å². The highest BCUT2D eigenvalue weighted by atomic mass is 35.5. The molecular weight excluding hydrogens is 295 g/mol. The SMILES string of the molecule is C[C@H](Nc1ncnc(Cl)n1)c1ccc(Cl)c(Cl)c1. The van der Waals surface area contributed by atoms with Crippen LogP contribution in [-0.2, 0) is 0 Å². The summed E-state index contributed by atoms with van der Waals surface area (Å²) in [5, 5.41) is 4.28. The van der Waals surface area contributed by atoms with E-state index < -0.39 is 0 Å². The number of rotatable bonds is 3. The average Bonchev–Trinajstić information content (AvgIpc) is 2.32. The molecular formula is C11H9Cl3N4. The van der Waals surface area contributed by atoms with Crippen molar-refractivity contribution in [2.75, 3.05) is 5.32 Å². The first-order valence-corrected chi connectivity index (χ1v) is 6.25. The fraction of sp³-hybridized carbons (Fsp3) is 0.182. The number of nitrogens with one attached hydrogen (secondary N) is 1. The Morgan fingerprint density at radius 2 is 1.89 bits per heavy atom. The van der Waals surface area contributed by atoms with E-state index in [1.54, 1.807) is 12.1 Å². The highest BCUT2D eigenvalue weighted by Crippen LogP contribution is 2.26. The number of nitrogens with zero attached hydrogens (tertiary/aromatic N) is 3. The summed E-state index contributed by atoms with van der Waals surface area (Å²) in [4.78, 5) is 11.6. The van der Waals surface area contributed by atoms with E-state index in [-0.39, 0.29) is 11.3 Å². The van der Waals surface area contributed by atoms with Crippen molar-refractivity contribution in [3.63, 3.8) is 0 Å². The van der Waals surface area contributed by atoms with E-state index >= 15 is 0 Å². The number of hydrogen-bond donors (Lipinski definition) is 1. The Morgan fingerprint density at radius 1 is 1.11 bits per heavy atom. The van der Waals surface area contributed by atoms with Crippen LogP contribution in [0.15, 0.2) is 24.5 Å². The summed E-state index contributed by atoms with van der Waals surface area (Å²) in [6.07, 6.45) is 1.35. The molecule has 0 amide bonds. The van der Waals surface area contributed by atoms with E-state index in [0.717, 1.165) is 5.56 Å². The Balaban J connectivity index is 2.16. The first kappa shape index (κ1) is 13.3. The molecule has 1 N–H and O–H groups in total. The molecule has 0 bridgehead atoms. The van der Waals surface area contributed by atoms with Gasteiger partial charge in [0.2, 0.25) is 11.2 Å². The van der Waals surface area contributed by atoms with Crippen LogP contribution in [0.4, 0.5) is 5.95 Å². The van der Waals surface area contributed by atoms with Crippen molar-refractivity contribution in [2.45, 2.75) is 13.0 Å². The first-order chi connectivity index (χ1) is 8.56. The van der Waals surface area contributed by atoms with Gasteiger partial charge in [-0.3, -0.25) is 0 Å². The van der Waals surface area contributed by atoms with Gasteiger partial charge in [-0.25, -0.2) is 9.97 Å². The molecule has 0 aliphatic carbocycles. The Morgan fingerprint density at radius 3 is 2.56 bits per heavy atom. The minimum absolute atomic E-state index is 0.0294. The van der Waals surface area contributed by atoms with Gasteiger partial charge in [-0.1, -0.05) is 29.3 Å².